The maximum absolute atomic E-state index is 5.18. The number of nitrogens with one attached hydrogen (secondary N) is 1. The first-order chi connectivity index (χ1) is 9.40. The Balaban J connectivity index is 1.56. The number of piperazine rings is 1. The summed E-state index contributed by atoms with van der Waals surface area (Å²) in [5.41, 5.74) is 1.39. The van der Waals surface area contributed by atoms with Crippen molar-refractivity contribution in [1.82, 2.24) is 15.4 Å². The van der Waals surface area contributed by atoms with Crippen molar-refractivity contribution in [2.45, 2.75) is 19.0 Å². The van der Waals surface area contributed by atoms with E-state index < -0.39 is 0 Å². The van der Waals surface area contributed by atoms with Crippen LogP contribution >= 0.6 is 0 Å². The van der Waals surface area contributed by atoms with Gasteiger partial charge in [0.1, 0.15) is 0 Å². The molecule has 4 nitrogen and oxygen atoms in total. The van der Waals surface area contributed by atoms with Crippen LogP contribution in [0.4, 0.5) is 0 Å². The SMILES string of the molecule is c1ccc(CC2CN(Cc3ccno3)CCN2)cc1. The summed E-state index contributed by atoms with van der Waals surface area (Å²) in [6, 6.07) is 13.1. The smallest absolute Gasteiger partial charge is 0.150 e. The minimum Gasteiger partial charge on any atom is -0.360 e. The Labute approximate surface area is 113 Å². The van der Waals surface area contributed by atoms with Gasteiger partial charge >= 0.3 is 0 Å². The van der Waals surface area contributed by atoms with Crippen molar-refractivity contribution in [2.75, 3.05) is 19.6 Å². The average Bonchev–Trinajstić information content (AvgIpc) is 2.93. The zero-order valence-corrected chi connectivity index (χ0v) is 11.0. The Hall–Kier alpha value is -1.65. The summed E-state index contributed by atoms with van der Waals surface area (Å²) >= 11 is 0. The van der Waals surface area contributed by atoms with Crippen LogP contribution in [0, 0.1) is 0 Å². The molecule has 0 amide bonds. The molecule has 1 aromatic heterocycles. The lowest BCUT2D eigenvalue weighted by Crippen LogP contribution is -2.51. The fraction of sp³-hybridized carbons (Fsp3) is 0.400. The first-order valence-corrected chi connectivity index (χ1v) is 6.79. The molecule has 0 radical (unpaired) electrons. The summed E-state index contributed by atoms with van der Waals surface area (Å²) in [6.45, 7) is 4.00. The third-order valence-electron chi connectivity index (χ3n) is 3.54. The highest BCUT2D eigenvalue weighted by atomic mass is 16.5. The van der Waals surface area contributed by atoms with Gasteiger partial charge in [0.05, 0.1) is 12.7 Å². The van der Waals surface area contributed by atoms with Crippen LogP contribution in [-0.2, 0) is 13.0 Å². The van der Waals surface area contributed by atoms with Gasteiger partial charge in [0.15, 0.2) is 5.76 Å². The van der Waals surface area contributed by atoms with Crippen molar-refractivity contribution < 1.29 is 4.52 Å². The largest absolute Gasteiger partial charge is 0.360 e. The summed E-state index contributed by atoms with van der Waals surface area (Å²) in [5, 5.41) is 7.35. The van der Waals surface area contributed by atoms with E-state index in [9.17, 15) is 0 Å². The molecule has 0 spiro atoms. The Morgan fingerprint density at radius 3 is 2.95 bits per heavy atom. The fourth-order valence-electron chi connectivity index (χ4n) is 2.62. The predicted octanol–water partition coefficient (Wildman–Crippen LogP) is 1.69. The van der Waals surface area contributed by atoms with E-state index in [1.54, 1.807) is 6.20 Å². The molecular weight excluding hydrogens is 238 g/mol. The first kappa shape index (κ1) is 12.4. The van der Waals surface area contributed by atoms with Crippen molar-refractivity contribution in [3.63, 3.8) is 0 Å². The third kappa shape index (κ3) is 3.43. The minimum atomic E-state index is 0.513. The second kappa shape index (κ2) is 5.99. The number of hydrogen-bond donors (Lipinski definition) is 1. The van der Waals surface area contributed by atoms with Gasteiger partial charge in [-0.15, -0.1) is 0 Å². The fourth-order valence-corrected chi connectivity index (χ4v) is 2.62. The van der Waals surface area contributed by atoms with Crippen molar-refractivity contribution in [2.24, 2.45) is 0 Å². The van der Waals surface area contributed by atoms with Gasteiger partial charge in [0.2, 0.25) is 0 Å². The number of benzene rings is 1. The van der Waals surface area contributed by atoms with Crippen LogP contribution in [0.3, 0.4) is 0 Å². The van der Waals surface area contributed by atoms with Gasteiger partial charge in [-0.3, -0.25) is 4.90 Å². The summed E-state index contributed by atoms with van der Waals surface area (Å²) in [5.74, 6) is 0.945. The molecule has 4 heteroatoms. The molecule has 1 atom stereocenters. The average molecular weight is 257 g/mol. The predicted molar refractivity (Wildman–Crippen MR) is 73.7 cm³/mol. The Kier molecular flexibility index (Phi) is 3.91. The highest BCUT2D eigenvalue weighted by Gasteiger charge is 2.20. The van der Waals surface area contributed by atoms with Gasteiger partial charge in [0, 0.05) is 31.7 Å². The molecule has 19 heavy (non-hydrogen) atoms. The van der Waals surface area contributed by atoms with Gasteiger partial charge in [-0.1, -0.05) is 35.5 Å². The lowest BCUT2D eigenvalue weighted by molar-refractivity contribution is 0.174. The number of hydrogen-bond acceptors (Lipinski definition) is 4. The summed E-state index contributed by atoms with van der Waals surface area (Å²) in [4.78, 5) is 2.42. The van der Waals surface area contributed by atoms with Crippen LogP contribution in [0.25, 0.3) is 0 Å². The highest BCUT2D eigenvalue weighted by molar-refractivity contribution is 5.16. The van der Waals surface area contributed by atoms with E-state index in [1.807, 2.05) is 6.07 Å². The molecule has 1 aliphatic rings. The number of rotatable bonds is 4. The molecule has 1 fully saturated rings. The highest BCUT2D eigenvalue weighted by Crippen LogP contribution is 2.10. The molecule has 0 aliphatic carbocycles. The normalized spacial score (nSPS) is 20.5. The second-order valence-electron chi connectivity index (χ2n) is 5.05. The van der Waals surface area contributed by atoms with Crippen molar-refractivity contribution in [3.8, 4) is 0 Å². The number of aromatic nitrogens is 1. The first-order valence-electron chi connectivity index (χ1n) is 6.79. The van der Waals surface area contributed by atoms with E-state index in [0.29, 0.717) is 6.04 Å². The van der Waals surface area contributed by atoms with E-state index in [1.165, 1.54) is 5.56 Å². The standard InChI is InChI=1S/C15H19N3O/c1-2-4-13(5-3-1)10-14-11-18(9-8-16-14)12-15-6-7-17-19-15/h1-7,14,16H,8-12H2. The molecule has 2 heterocycles. The molecule has 1 unspecified atom stereocenters. The quantitative estimate of drug-likeness (QED) is 0.905. The van der Waals surface area contributed by atoms with Gasteiger partial charge in [0.25, 0.3) is 0 Å². The van der Waals surface area contributed by atoms with Crippen molar-refractivity contribution >= 4 is 0 Å². The van der Waals surface area contributed by atoms with Crippen LogP contribution < -0.4 is 5.32 Å². The Morgan fingerprint density at radius 1 is 1.26 bits per heavy atom. The van der Waals surface area contributed by atoms with Gasteiger partial charge in [-0.05, 0) is 12.0 Å². The zero-order chi connectivity index (χ0) is 12.9. The van der Waals surface area contributed by atoms with E-state index in [4.69, 9.17) is 4.52 Å². The molecule has 100 valence electrons. The minimum absolute atomic E-state index is 0.513. The summed E-state index contributed by atoms with van der Waals surface area (Å²) < 4.78 is 5.18. The van der Waals surface area contributed by atoms with Crippen molar-refractivity contribution in [3.05, 3.63) is 53.9 Å². The molecule has 1 aliphatic heterocycles. The Morgan fingerprint density at radius 2 is 2.16 bits per heavy atom. The van der Waals surface area contributed by atoms with Crippen LogP contribution in [0.15, 0.2) is 47.1 Å². The summed E-state index contributed by atoms with van der Waals surface area (Å²) in [6.07, 6.45) is 2.78. The van der Waals surface area contributed by atoms with Crippen LogP contribution in [-0.4, -0.2) is 35.7 Å². The van der Waals surface area contributed by atoms with Gasteiger partial charge in [-0.2, -0.15) is 0 Å². The topological polar surface area (TPSA) is 41.3 Å². The molecular formula is C15H19N3O. The molecule has 3 rings (SSSR count). The van der Waals surface area contributed by atoms with Gasteiger partial charge in [-0.25, -0.2) is 0 Å². The van der Waals surface area contributed by atoms with Crippen LogP contribution in [0.1, 0.15) is 11.3 Å². The van der Waals surface area contributed by atoms with E-state index >= 15 is 0 Å². The second-order valence-corrected chi connectivity index (χ2v) is 5.05. The lowest BCUT2D eigenvalue weighted by atomic mass is 10.0. The summed E-state index contributed by atoms with van der Waals surface area (Å²) in [7, 11) is 0. The maximum Gasteiger partial charge on any atom is 0.150 e. The lowest BCUT2D eigenvalue weighted by Gasteiger charge is -2.33. The number of nitrogens with zero attached hydrogens (tertiary/aromatic N) is 2. The third-order valence-corrected chi connectivity index (χ3v) is 3.54. The molecule has 0 bridgehead atoms. The Bertz CT molecular complexity index is 483. The molecule has 1 aromatic carbocycles. The zero-order valence-electron chi connectivity index (χ0n) is 11.0. The van der Waals surface area contributed by atoms with E-state index in [0.717, 1.165) is 38.4 Å². The maximum atomic E-state index is 5.18. The molecule has 0 saturated carbocycles. The van der Waals surface area contributed by atoms with Gasteiger partial charge < -0.3 is 9.84 Å². The van der Waals surface area contributed by atoms with E-state index in [-0.39, 0.29) is 0 Å². The van der Waals surface area contributed by atoms with E-state index in [2.05, 4.69) is 45.7 Å². The van der Waals surface area contributed by atoms with Crippen molar-refractivity contribution in [1.29, 1.82) is 0 Å². The molecule has 2 aromatic rings. The monoisotopic (exact) mass is 257 g/mol. The van der Waals surface area contributed by atoms with Crippen LogP contribution in [0.5, 0.6) is 0 Å². The molecule has 1 N–H and O–H groups in total. The molecule has 1 saturated heterocycles. The van der Waals surface area contributed by atoms with Crippen LogP contribution in [0.2, 0.25) is 0 Å².